The topological polar surface area (TPSA) is 81.8 Å². The molecule has 5 heteroatoms. The molecular formula is C16H15NO4. The van der Waals surface area contributed by atoms with Gasteiger partial charge >= 0.3 is 5.97 Å². The Bertz CT molecular complexity index is 659. The lowest BCUT2D eigenvalue weighted by molar-refractivity contribution is 0.0697. The van der Waals surface area contributed by atoms with Gasteiger partial charge in [-0.3, -0.25) is 0 Å². The summed E-state index contributed by atoms with van der Waals surface area (Å²) in [4.78, 5) is 11.0. The Morgan fingerprint density at radius 2 is 2.14 bits per heavy atom. The van der Waals surface area contributed by atoms with E-state index in [2.05, 4.69) is 0 Å². The van der Waals surface area contributed by atoms with Gasteiger partial charge in [0.1, 0.15) is 24.2 Å². The maximum absolute atomic E-state index is 11.0. The molecule has 5 nitrogen and oxygen atoms in total. The summed E-state index contributed by atoms with van der Waals surface area (Å²) in [7, 11) is 0. The predicted octanol–water partition coefficient (Wildman–Crippen LogP) is 2.35. The summed E-state index contributed by atoms with van der Waals surface area (Å²) in [5.74, 6) is 0.290. The molecule has 3 N–H and O–H groups in total. The van der Waals surface area contributed by atoms with Crippen molar-refractivity contribution < 1.29 is 19.4 Å². The molecule has 0 fully saturated rings. The summed E-state index contributed by atoms with van der Waals surface area (Å²) in [6.45, 7) is 0.359. The molecule has 0 saturated carbocycles. The number of ether oxygens (including phenoxy) is 2. The van der Waals surface area contributed by atoms with Crippen molar-refractivity contribution in [2.24, 2.45) is 0 Å². The Hall–Kier alpha value is -2.69. The molecule has 0 spiro atoms. The van der Waals surface area contributed by atoms with Crippen molar-refractivity contribution in [3.63, 3.8) is 0 Å². The van der Waals surface area contributed by atoms with E-state index in [1.807, 2.05) is 24.3 Å². The lowest BCUT2D eigenvalue weighted by Crippen LogP contribution is -2.22. The number of rotatable bonds is 4. The Labute approximate surface area is 121 Å². The molecule has 108 valence electrons. The lowest BCUT2D eigenvalue weighted by Gasteiger charge is -2.13. The van der Waals surface area contributed by atoms with Gasteiger partial charge in [0.2, 0.25) is 0 Å². The fourth-order valence-electron chi connectivity index (χ4n) is 2.35. The van der Waals surface area contributed by atoms with Gasteiger partial charge in [-0.2, -0.15) is 0 Å². The molecule has 0 aliphatic carbocycles. The van der Waals surface area contributed by atoms with Crippen molar-refractivity contribution in [3.05, 3.63) is 53.6 Å². The van der Waals surface area contributed by atoms with Gasteiger partial charge in [-0.1, -0.05) is 18.2 Å². The summed E-state index contributed by atoms with van der Waals surface area (Å²) in [5, 5.41) is 9.03. The van der Waals surface area contributed by atoms with Crippen molar-refractivity contribution in [3.8, 4) is 11.5 Å². The number of nitrogen functional groups attached to an aromatic ring is 1. The van der Waals surface area contributed by atoms with Crippen LogP contribution in [0.5, 0.6) is 11.5 Å². The smallest absolute Gasteiger partial charge is 0.337 e. The van der Waals surface area contributed by atoms with Crippen LogP contribution < -0.4 is 15.2 Å². The van der Waals surface area contributed by atoms with Gasteiger partial charge in [0.05, 0.1) is 5.56 Å². The van der Waals surface area contributed by atoms with Gasteiger partial charge in [0.15, 0.2) is 0 Å². The second kappa shape index (κ2) is 5.36. The molecule has 0 radical (unpaired) electrons. The van der Waals surface area contributed by atoms with Gasteiger partial charge in [0, 0.05) is 12.1 Å². The average molecular weight is 285 g/mol. The molecule has 2 aromatic carbocycles. The van der Waals surface area contributed by atoms with Crippen molar-refractivity contribution in [2.45, 2.75) is 12.5 Å². The number of carboxylic acids is 1. The van der Waals surface area contributed by atoms with E-state index in [1.165, 1.54) is 12.1 Å². The summed E-state index contributed by atoms with van der Waals surface area (Å²) >= 11 is 0. The first-order chi connectivity index (χ1) is 10.1. The molecule has 2 aromatic rings. The quantitative estimate of drug-likeness (QED) is 0.843. The number of aromatic carboxylic acids is 1. The van der Waals surface area contributed by atoms with Crippen LogP contribution in [0.25, 0.3) is 0 Å². The lowest BCUT2D eigenvalue weighted by atomic mass is 10.1. The minimum absolute atomic E-state index is 0.0446. The second-order valence-electron chi connectivity index (χ2n) is 4.92. The highest BCUT2D eigenvalue weighted by Crippen LogP contribution is 2.28. The van der Waals surface area contributed by atoms with E-state index in [9.17, 15) is 4.79 Å². The number of hydrogen-bond donors (Lipinski definition) is 2. The van der Waals surface area contributed by atoms with E-state index in [0.717, 1.165) is 17.7 Å². The number of carboxylic acid groups (broad SMARTS) is 1. The minimum atomic E-state index is -1.07. The first kappa shape index (κ1) is 13.3. The molecule has 21 heavy (non-hydrogen) atoms. The normalized spacial score (nSPS) is 16.1. The van der Waals surface area contributed by atoms with Gasteiger partial charge < -0.3 is 20.3 Å². The first-order valence-electron chi connectivity index (χ1n) is 6.63. The van der Waals surface area contributed by atoms with Crippen LogP contribution in [0.1, 0.15) is 15.9 Å². The third-order valence-corrected chi connectivity index (χ3v) is 3.40. The second-order valence-corrected chi connectivity index (χ2v) is 4.92. The van der Waals surface area contributed by atoms with Gasteiger partial charge in [-0.25, -0.2) is 4.79 Å². The Morgan fingerprint density at radius 1 is 1.33 bits per heavy atom. The SMILES string of the molecule is Nc1ccc(OCC2Cc3ccccc3O2)cc1C(=O)O. The molecule has 1 unspecified atom stereocenters. The fraction of sp³-hybridized carbons (Fsp3) is 0.188. The zero-order valence-electron chi connectivity index (χ0n) is 11.3. The van der Waals surface area contributed by atoms with Crippen LogP contribution in [-0.2, 0) is 6.42 Å². The van der Waals surface area contributed by atoms with Crippen molar-refractivity contribution >= 4 is 11.7 Å². The monoisotopic (exact) mass is 285 g/mol. The van der Waals surface area contributed by atoms with Crippen LogP contribution in [0, 0.1) is 0 Å². The first-order valence-corrected chi connectivity index (χ1v) is 6.63. The highest BCUT2D eigenvalue weighted by Gasteiger charge is 2.23. The Kier molecular flexibility index (Phi) is 3.39. The molecular weight excluding hydrogens is 270 g/mol. The summed E-state index contributed by atoms with van der Waals surface area (Å²) in [5.41, 5.74) is 7.03. The van der Waals surface area contributed by atoms with Gasteiger partial charge in [-0.05, 0) is 29.8 Å². The van der Waals surface area contributed by atoms with E-state index in [1.54, 1.807) is 6.07 Å². The largest absolute Gasteiger partial charge is 0.490 e. The molecule has 1 aliphatic rings. The van der Waals surface area contributed by atoms with E-state index >= 15 is 0 Å². The number of carbonyl (C=O) groups is 1. The molecule has 1 heterocycles. The van der Waals surface area contributed by atoms with Gasteiger partial charge in [-0.15, -0.1) is 0 Å². The average Bonchev–Trinajstić information content (AvgIpc) is 2.89. The Morgan fingerprint density at radius 3 is 2.90 bits per heavy atom. The van der Waals surface area contributed by atoms with E-state index in [4.69, 9.17) is 20.3 Å². The van der Waals surface area contributed by atoms with Crippen LogP contribution in [0.3, 0.4) is 0 Å². The molecule has 0 saturated heterocycles. The number of hydrogen-bond acceptors (Lipinski definition) is 4. The predicted molar refractivity (Wildman–Crippen MR) is 77.9 cm³/mol. The molecule has 3 rings (SSSR count). The van der Waals surface area contributed by atoms with Crippen LogP contribution in [0.15, 0.2) is 42.5 Å². The number of nitrogens with two attached hydrogens (primary N) is 1. The molecule has 0 amide bonds. The zero-order valence-corrected chi connectivity index (χ0v) is 11.3. The third kappa shape index (κ3) is 2.76. The minimum Gasteiger partial charge on any atom is -0.490 e. The van der Waals surface area contributed by atoms with Gasteiger partial charge in [0.25, 0.3) is 0 Å². The van der Waals surface area contributed by atoms with Crippen LogP contribution in [-0.4, -0.2) is 23.8 Å². The standard InChI is InChI=1S/C16H15NO4/c17-14-6-5-11(8-13(14)16(18)19)20-9-12-7-10-3-1-2-4-15(10)21-12/h1-6,8,12H,7,9,17H2,(H,18,19). The fourth-order valence-corrected chi connectivity index (χ4v) is 2.35. The van der Waals surface area contributed by atoms with Crippen LogP contribution in [0.4, 0.5) is 5.69 Å². The molecule has 1 atom stereocenters. The van der Waals surface area contributed by atoms with Crippen molar-refractivity contribution in [2.75, 3.05) is 12.3 Å². The summed E-state index contributed by atoms with van der Waals surface area (Å²) in [6, 6.07) is 12.5. The molecule has 1 aliphatic heterocycles. The summed E-state index contributed by atoms with van der Waals surface area (Å²) < 4.78 is 11.4. The highest BCUT2D eigenvalue weighted by molar-refractivity contribution is 5.94. The zero-order chi connectivity index (χ0) is 14.8. The van der Waals surface area contributed by atoms with Crippen LogP contribution in [0.2, 0.25) is 0 Å². The van der Waals surface area contributed by atoms with E-state index in [-0.39, 0.29) is 17.4 Å². The highest BCUT2D eigenvalue weighted by atomic mass is 16.5. The molecule has 0 aromatic heterocycles. The van der Waals surface area contributed by atoms with E-state index < -0.39 is 5.97 Å². The molecule has 0 bridgehead atoms. The number of para-hydroxylation sites is 1. The number of fused-ring (bicyclic) bond motifs is 1. The Balaban J connectivity index is 1.64. The van der Waals surface area contributed by atoms with Crippen LogP contribution >= 0.6 is 0 Å². The number of benzene rings is 2. The maximum atomic E-state index is 11.0. The summed E-state index contributed by atoms with van der Waals surface area (Å²) in [6.07, 6.45) is 0.727. The van der Waals surface area contributed by atoms with Crippen molar-refractivity contribution in [1.82, 2.24) is 0 Å². The number of anilines is 1. The van der Waals surface area contributed by atoms with E-state index in [0.29, 0.717) is 12.4 Å². The van der Waals surface area contributed by atoms with Crippen molar-refractivity contribution in [1.29, 1.82) is 0 Å². The maximum Gasteiger partial charge on any atom is 0.337 e. The third-order valence-electron chi connectivity index (χ3n) is 3.40.